The van der Waals surface area contributed by atoms with Crippen molar-refractivity contribution in [2.24, 2.45) is 0 Å². The molecule has 0 N–H and O–H groups in total. The molecule has 0 aliphatic heterocycles. The average Bonchev–Trinajstić information content (AvgIpc) is 2.49. The number of hydrogen-bond donors (Lipinski definition) is 0. The standard InChI is InChI=1S/C9H16O2.C8H14O2/c1-3-5-6-7-8-9(10)11-4-2;1-3-4-5-6-7-8(9)10-2/h7-8H,3-6H2,1-2H3;6-7H,3-5H2,1-2H3. The van der Waals surface area contributed by atoms with Crippen LogP contribution in [-0.4, -0.2) is 25.7 Å². The van der Waals surface area contributed by atoms with Crippen molar-refractivity contribution in [2.75, 3.05) is 13.7 Å². The number of carbonyl (C=O) groups is 2. The smallest absolute Gasteiger partial charge is 0.330 e. The van der Waals surface area contributed by atoms with E-state index in [4.69, 9.17) is 4.74 Å². The summed E-state index contributed by atoms with van der Waals surface area (Å²) in [5, 5.41) is 0. The van der Waals surface area contributed by atoms with Gasteiger partial charge in [-0.2, -0.15) is 0 Å². The van der Waals surface area contributed by atoms with Crippen LogP contribution in [0.2, 0.25) is 0 Å². The first-order chi connectivity index (χ1) is 10.1. The van der Waals surface area contributed by atoms with Gasteiger partial charge in [0.2, 0.25) is 0 Å². The third-order valence-electron chi connectivity index (χ3n) is 2.44. The Hall–Kier alpha value is -1.58. The minimum atomic E-state index is -0.267. The summed E-state index contributed by atoms with van der Waals surface area (Å²) in [4.78, 5) is 21.2. The zero-order chi connectivity index (χ0) is 16.3. The molecular formula is C17H30O4. The third-order valence-corrected chi connectivity index (χ3v) is 2.44. The predicted molar refractivity (Wildman–Crippen MR) is 86.0 cm³/mol. The fourth-order valence-corrected chi connectivity index (χ4v) is 1.26. The van der Waals surface area contributed by atoms with Crippen LogP contribution in [-0.2, 0) is 19.1 Å². The summed E-state index contributed by atoms with van der Waals surface area (Å²) in [6.07, 6.45) is 13.2. The van der Waals surface area contributed by atoms with Crippen molar-refractivity contribution >= 4 is 11.9 Å². The number of hydrogen-bond acceptors (Lipinski definition) is 4. The molecule has 0 bridgehead atoms. The highest BCUT2D eigenvalue weighted by Crippen LogP contribution is 1.95. The lowest BCUT2D eigenvalue weighted by Gasteiger charge is -1.93. The molecule has 0 saturated heterocycles. The molecule has 21 heavy (non-hydrogen) atoms. The normalized spacial score (nSPS) is 10.3. The number of allylic oxidation sites excluding steroid dienone is 2. The largest absolute Gasteiger partial charge is 0.466 e. The van der Waals surface area contributed by atoms with E-state index in [1.54, 1.807) is 6.92 Å². The van der Waals surface area contributed by atoms with E-state index in [9.17, 15) is 9.59 Å². The molecule has 0 aliphatic rings. The van der Waals surface area contributed by atoms with Gasteiger partial charge in [0.1, 0.15) is 0 Å². The quantitative estimate of drug-likeness (QED) is 0.363. The Labute approximate surface area is 129 Å². The second-order valence-electron chi connectivity index (χ2n) is 4.36. The maximum absolute atomic E-state index is 10.7. The summed E-state index contributed by atoms with van der Waals surface area (Å²) >= 11 is 0. The summed E-state index contributed by atoms with van der Waals surface area (Å²) < 4.78 is 9.10. The highest BCUT2D eigenvalue weighted by Gasteiger charge is 1.91. The van der Waals surface area contributed by atoms with Crippen LogP contribution in [0, 0.1) is 0 Å². The van der Waals surface area contributed by atoms with Crippen LogP contribution in [0.4, 0.5) is 0 Å². The molecular weight excluding hydrogens is 268 g/mol. The van der Waals surface area contributed by atoms with Gasteiger partial charge in [-0.05, 0) is 19.8 Å². The molecule has 0 atom stereocenters. The van der Waals surface area contributed by atoms with Crippen molar-refractivity contribution in [3.05, 3.63) is 24.3 Å². The van der Waals surface area contributed by atoms with Crippen molar-refractivity contribution in [1.82, 2.24) is 0 Å². The van der Waals surface area contributed by atoms with Crippen molar-refractivity contribution < 1.29 is 19.1 Å². The van der Waals surface area contributed by atoms with E-state index in [1.165, 1.54) is 19.3 Å². The van der Waals surface area contributed by atoms with Crippen molar-refractivity contribution in [3.63, 3.8) is 0 Å². The molecule has 0 aromatic heterocycles. The monoisotopic (exact) mass is 298 g/mol. The zero-order valence-electron chi connectivity index (χ0n) is 13.9. The highest BCUT2D eigenvalue weighted by atomic mass is 16.5. The van der Waals surface area contributed by atoms with Crippen LogP contribution >= 0.6 is 0 Å². The van der Waals surface area contributed by atoms with E-state index in [0.29, 0.717) is 6.61 Å². The highest BCUT2D eigenvalue weighted by molar-refractivity contribution is 5.82. The summed E-state index contributed by atoms with van der Waals surface area (Å²) in [7, 11) is 1.38. The minimum absolute atomic E-state index is 0.233. The molecule has 4 heteroatoms. The molecule has 0 aliphatic carbocycles. The lowest BCUT2D eigenvalue weighted by atomic mass is 10.2. The van der Waals surface area contributed by atoms with Crippen molar-refractivity contribution in [2.45, 2.75) is 59.3 Å². The maximum Gasteiger partial charge on any atom is 0.330 e. The van der Waals surface area contributed by atoms with E-state index in [-0.39, 0.29) is 11.9 Å². The van der Waals surface area contributed by atoms with Gasteiger partial charge in [0.25, 0.3) is 0 Å². The SMILES string of the molecule is CCCCC=CC(=O)OC.CCCCC=CC(=O)OCC. The Morgan fingerprint density at radius 1 is 0.857 bits per heavy atom. The first kappa shape index (κ1) is 21.7. The van der Waals surface area contributed by atoms with Crippen LogP contribution in [0.1, 0.15) is 59.3 Å². The van der Waals surface area contributed by atoms with Crippen LogP contribution in [0.5, 0.6) is 0 Å². The fraction of sp³-hybridized carbons (Fsp3) is 0.647. The Morgan fingerprint density at radius 2 is 1.33 bits per heavy atom. The van der Waals surface area contributed by atoms with E-state index in [2.05, 4.69) is 18.6 Å². The first-order valence-corrected chi connectivity index (χ1v) is 7.70. The molecule has 0 fully saturated rings. The average molecular weight is 298 g/mol. The number of methoxy groups -OCH3 is 1. The van der Waals surface area contributed by atoms with Gasteiger partial charge in [0.15, 0.2) is 0 Å². The second-order valence-corrected chi connectivity index (χ2v) is 4.36. The molecule has 122 valence electrons. The Bertz CT molecular complexity index is 306. The molecule has 0 spiro atoms. The van der Waals surface area contributed by atoms with Gasteiger partial charge in [-0.3, -0.25) is 0 Å². The lowest BCUT2D eigenvalue weighted by molar-refractivity contribution is -0.137. The van der Waals surface area contributed by atoms with E-state index in [1.807, 2.05) is 12.2 Å². The molecule has 0 saturated carbocycles. The fourth-order valence-electron chi connectivity index (χ4n) is 1.26. The summed E-state index contributed by atoms with van der Waals surface area (Å²) in [5.41, 5.74) is 0. The molecule has 0 radical (unpaired) electrons. The third kappa shape index (κ3) is 20.9. The van der Waals surface area contributed by atoms with E-state index in [0.717, 1.165) is 38.5 Å². The van der Waals surface area contributed by atoms with Crippen LogP contribution in [0.25, 0.3) is 0 Å². The number of unbranched alkanes of at least 4 members (excludes halogenated alkanes) is 4. The molecule has 0 unspecified atom stereocenters. The van der Waals surface area contributed by atoms with E-state index >= 15 is 0 Å². The number of esters is 2. The van der Waals surface area contributed by atoms with Gasteiger partial charge < -0.3 is 9.47 Å². The summed E-state index contributed by atoms with van der Waals surface area (Å²) in [6.45, 7) is 6.50. The van der Waals surface area contributed by atoms with Crippen molar-refractivity contribution in [1.29, 1.82) is 0 Å². The summed E-state index contributed by atoms with van der Waals surface area (Å²) in [5.74, 6) is -0.500. The van der Waals surface area contributed by atoms with Crippen LogP contribution < -0.4 is 0 Å². The predicted octanol–water partition coefficient (Wildman–Crippen LogP) is 4.20. The van der Waals surface area contributed by atoms with E-state index < -0.39 is 0 Å². The van der Waals surface area contributed by atoms with Crippen molar-refractivity contribution in [3.8, 4) is 0 Å². The molecule has 4 nitrogen and oxygen atoms in total. The Balaban J connectivity index is 0. The van der Waals surface area contributed by atoms with Gasteiger partial charge in [-0.15, -0.1) is 0 Å². The second kappa shape index (κ2) is 18.4. The number of ether oxygens (including phenoxy) is 2. The van der Waals surface area contributed by atoms with Crippen LogP contribution in [0.3, 0.4) is 0 Å². The molecule has 0 aromatic rings. The lowest BCUT2D eigenvalue weighted by Crippen LogP contribution is -1.98. The van der Waals surface area contributed by atoms with Gasteiger partial charge in [-0.25, -0.2) is 9.59 Å². The molecule has 0 amide bonds. The van der Waals surface area contributed by atoms with Crippen LogP contribution in [0.15, 0.2) is 24.3 Å². The Morgan fingerprint density at radius 3 is 1.71 bits per heavy atom. The van der Waals surface area contributed by atoms with Gasteiger partial charge in [0.05, 0.1) is 13.7 Å². The molecule has 0 heterocycles. The first-order valence-electron chi connectivity index (χ1n) is 7.70. The zero-order valence-corrected chi connectivity index (χ0v) is 13.9. The number of rotatable bonds is 9. The molecule has 0 rings (SSSR count). The molecule has 0 aromatic carbocycles. The van der Waals surface area contributed by atoms with Gasteiger partial charge in [-0.1, -0.05) is 51.7 Å². The maximum atomic E-state index is 10.7. The number of carbonyl (C=O) groups excluding carboxylic acids is 2. The van der Waals surface area contributed by atoms with Gasteiger partial charge >= 0.3 is 11.9 Å². The summed E-state index contributed by atoms with van der Waals surface area (Å²) in [6, 6.07) is 0. The van der Waals surface area contributed by atoms with Gasteiger partial charge in [0, 0.05) is 12.2 Å². The Kier molecular flexibility index (Phi) is 19.0. The topological polar surface area (TPSA) is 52.6 Å². The minimum Gasteiger partial charge on any atom is -0.466 e.